The van der Waals surface area contributed by atoms with Gasteiger partial charge < -0.3 is 4.42 Å². The van der Waals surface area contributed by atoms with E-state index in [4.69, 9.17) is 10.3 Å². The fourth-order valence-corrected chi connectivity index (χ4v) is 1.02. The van der Waals surface area contributed by atoms with Crippen LogP contribution in [0.3, 0.4) is 0 Å². The summed E-state index contributed by atoms with van der Waals surface area (Å²) in [5, 5.41) is 0. The molecule has 1 heterocycles. The van der Waals surface area contributed by atoms with Crippen molar-refractivity contribution in [2.75, 3.05) is 13.6 Å². The van der Waals surface area contributed by atoms with E-state index in [2.05, 4.69) is 5.43 Å². The zero-order chi connectivity index (χ0) is 9.68. The normalized spacial score (nSPS) is 10.4. The Morgan fingerprint density at radius 2 is 2.54 bits per heavy atom. The molecule has 1 aromatic rings. The lowest BCUT2D eigenvalue weighted by molar-refractivity contribution is -0.122. The molecule has 0 spiro atoms. The molecule has 1 aromatic heterocycles. The molecule has 0 aliphatic carbocycles. The Bertz CT molecular complexity index is 258. The van der Waals surface area contributed by atoms with Crippen LogP contribution in [0.25, 0.3) is 0 Å². The van der Waals surface area contributed by atoms with Gasteiger partial charge in [-0.25, -0.2) is 5.84 Å². The van der Waals surface area contributed by atoms with Gasteiger partial charge in [-0.2, -0.15) is 0 Å². The first kappa shape index (κ1) is 9.76. The van der Waals surface area contributed by atoms with Gasteiger partial charge in [-0.05, 0) is 19.2 Å². The molecule has 0 fully saturated rings. The van der Waals surface area contributed by atoms with Gasteiger partial charge >= 0.3 is 0 Å². The van der Waals surface area contributed by atoms with Crippen molar-refractivity contribution in [2.45, 2.75) is 6.54 Å². The molecule has 0 aliphatic rings. The Labute approximate surface area is 76.5 Å². The van der Waals surface area contributed by atoms with E-state index >= 15 is 0 Å². The van der Waals surface area contributed by atoms with Gasteiger partial charge in [0.05, 0.1) is 19.4 Å². The van der Waals surface area contributed by atoms with E-state index in [9.17, 15) is 4.79 Å². The van der Waals surface area contributed by atoms with Crippen LogP contribution in [-0.4, -0.2) is 24.4 Å². The molecule has 5 heteroatoms. The number of nitrogens with zero attached hydrogens (tertiary/aromatic N) is 1. The molecule has 1 rings (SSSR count). The minimum absolute atomic E-state index is 0.214. The summed E-state index contributed by atoms with van der Waals surface area (Å²) < 4.78 is 5.11. The van der Waals surface area contributed by atoms with Gasteiger partial charge in [0.1, 0.15) is 5.76 Å². The van der Waals surface area contributed by atoms with Crippen LogP contribution in [0.15, 0.2) is 22.8 Å². The van der Waals surface area contributed by atoms with Crippen LogP contribution in [0.4, 0.5) is 0 Å². The smallest absolute Gasteiger partial charge is 0.248 e. The maximum Gasteiger partial charge on any atom is 0.248 e. The number of hydrogen-bond donors (Lipinski definition) is 2. The Morgan fingerprint density at radius 3 is 3.08 bits per heavy atom. The monoisotopic (exact) mass is 183 g/mol. The summed E-state index contributed by atoms with van der Waals surface area (Å²) in [5.74, 6) is 5.56. The molecular formula is C8H13N3O2. The van der Waals surface area contributed by atoms with E-state index in [1.807, 2.05) is 19.2 Å². The lowest BCUT2D eigenvalue weighted by Crippen LogP contribution is -2.38. The minimum atomic E-state index is -0.214. The first-order valence-electron chi connectivity index (χ1n) is 3.92. The number of nitrogens with one attached hydrogen (secondary N) is 1. The number of hydrazine groups is 1. The Morgan fingerprint density at radius 1 is 1.77 bits per heavy atom. The summed E-state index contributed by atoms with van der Waals surface area (Å²) in [6.45, 7) is 0.859. The molecule has 13 heavy (non-hydrogen) atoms. The molecule has 3 N–H and O–H groups in total. The van der Waals surface area contributed by atoms with Crippen molar-refractivity contribution in [1.29, 1.82) is 0 Å². The Kier molecular flexibility index (Phi) is 3.48. The molecule has 0 unspecified atom stereocenters. The third-order valence-electron chi connectivity index (χ3n) is 1.58. The third kappa shape index (κ3) is 3.27. The van der Waals surface area contributed by atoms with Crippen molar-refractivity contribution in [1.82, 2.24) is 10.3 Å². The van der Waals surface area contributed by atoms with Crippen LogP contribution in [-0.2, 0) is 11.3 Å². The predicted molar refractivity (Wildman–Crippen MR) is 47.4 cm³/mol. The first-order valence-corrected chi connectivity index (χ1v) is 3.92. The molecule has 1 amide bonds. The summed E-state index contributed by atoms with van der Waals surface area (Å²) in [6, 6.07) is 3.67. The second-order valence-corrected chi connectivity index (χ2v) is 2.82. The van der Waals surface area contributed by atoms with Crippen molar-refractivity contribution < 1.29 is 9.21 Å². The highest BCUT2D eigenvalue weighted by molar-refractivity contribution is 5.77. The van der Waals surface area contributed by atoms with E-state index in [0.717, 1.165) is 5.76 Å². The molecule has 72 valence electrons. The molecule has 0 aromatic carbocycles. The SMILES string of the molecule is CN(CC(=O)NN)Cc1ccco1. The van der Waals surface area contributed by atoms with Gasteiger partial charge in [0.2, 0.25) is 5.91 Å². The molecule has 0 atom stereocenters. The topological polar surface area (TPSA) is 71.5 Å². The van der Waals surface area contributed by atoms with Crippen molar-refractivity contribution in [3.8, 4) is 0 Å². The number of carbonyl (C=O) groups is 1. The summed E-state index contributed by atoms with van der Waals surface area (Å²) >= 11 is 0. The van der Waals surface area contributed by atoms with Crippen molar-refractivity contribution in [2.24, 2.45) is 5.84 Å². The van der Waals surface area contributed by atoms with Gasteiger partial charge in [0.15, 0.2) is 0 Å². The summed E-state index contributed by atoms with van der Waals surface area (Å²) in [7, 11) is 1.82. The first-order chi connectivity index (χ1) is 6.22. The highest BCUT2D eigenvalue weighted by Gasteiger charge is 2.06. The molecule has 0 saturated heterocycles. The van der Waals surface area contributed by atoms with E-state index in [-0.39, 0.29) is 12.5 Å². The van der Waals surface area contributed by atoms with Gasteiger partial charge in [-0.15, -0.1) is 0 Å². The zero-order valence-corrected chi connectivity index (χ0v) is 7.49. The summed E-state index contributed by atoms with van der Waals surface area (Å²) in [6.07, 6.45) is 1.60. The Hall–Kier alpha value is -1.33. The molecule has 0 radical (unpaired) electrons. The van der Waals surface area contributed by atoms with Gasteiger partial charge in [-0.1, -0.05) is 0 Å². The number of hydrogen-bond acceptors (Lipinski definition) is 4. The van der Waals surface area contributed by atoms with E-state index in [0.29, 0.717) is 6.54 Å². The van der Waals surface area contributed by atoms with Gasteiger partial charge in [0.25, 0.3) is 0 Å². The standard InChI is InChI=1S/C8H13N3O2/c1-11(6-8(12)10-9)5-7-3-2-4-13-7/h2-4H,5-6,9H2,1H3,(H,10,12). The van der Waals surface area contributed by atoms with E-state index in [1.54, 1.807) is 11.2 Å². The molecule has 0 saturated carbocycles. The maximum absolute atomic E-state index is 10.8. The van der Waals surface area contributed by atoms with Crippen LogP contribution in [0.1, 0.15) is 5.76 Å². The maximum atomic E-state index is 10.8. The quantitative estimate of drug-likeness (QED) is 0.382. The summed E-state index contributed by atoms with van der Waals surface area (Å²) in [4.78, 5) is 12.6. The number of nitrogens with two attached hydrogens (primary N) is 1. The molecular weight excluding hydrogens is 170 g/mol. The van der Waals surface area contributed by atoms with Crippen molar-refractivity contribution >= 4 is 5.91 Å². The second kappa shape index (κ2) is 4.64. The second-order valence-electron chi connectivity index (χ2n) is 2.82. The highest BCUT2D eigenvalue weighted by atomic mass is 16.3. The zero-order valence-electron chi connectivity index (χ0n) is 7.49. The minimum Gasteiger partial charge on any atom is -0.468 e. The van der Waals surface area contributed by atoms with Crippen LogP contribution in [0.5, 0.6) is 0 Å². The largest absolute Gasteiger partial charge is 0.468 e. The van der Waals surface area contributed by atoms with E-state index in [1.165, 1.54) is 0 Å². The van der Waals surface area contributed by atoms with Crippen LogP contribution >= 0.6 is 0 Å². The third-order valence-corrected chi connectivity index (χ3v) is 1.58. The van der Waals surface area contributed by atoms with Crippen molar-refractivity contribution in [3.63, 3.8) is 0 Å². The predicted octanol–water partition coefficient (Wildman–Crippen LogP) is -0.299. The van der Waals surface area contributed by atoms with Crippen LogP contribution in [0, 0.1) is 0 Å². The lowest BCUT2D eigenvalue weighted by atomic mass is 10.4. The number of rotatable bonds is 4. The number of furan rings is 1. The van der Waals surface area contributed by atoms with Gasteiger partial charge in [0, 0.05) is 0 Å². The number of amides is 1. The van der Waals surface area contributed by atoms with Gasteiger partial charge in [-0.3, -0.25) is 15.1 Å². The molecule has 0 aliphatic heterocycles. The summed E-state index contributed by atoms with van der Waals surface area (Å²) in [5.41, 5.74) is 2.06. The highest BCUT2D eigenvalue weighted by Crippen LogP contribution is 2.02. The van der Waals surface area contributed by atoms with Crippen LogP contribution < -0.4 is 11.3 Å². The Balaban J connectivity index is 2.33. The van der Waals surface area contributed by atoms with Crippen molar-refractivity contribution in [3.05, 3.63) is 24.2 Å². The number of carbonyl (C=O) groups excluding carboxylic acids is 1. The van der Waals surface area contributed by atoms with E-state index < -0.39 is 0 Å². The molecule has 5 nitrogen and oxygen atoms in total. The fourth-order valence-electron chi connectivity index (χ4n) is 1.02. The average Bonchev–Trinajstić information content (AvgIpc) is 2.56. The number of likely N-dealkylation sites (N-methyl/N-ethyl adjacent to an activating group) is 1. The molecule has 0 bridgehead atoms. The average molecular weight is 183 g/mol. The lowest BCUT2D eigenvalue weighted by Gasteiger charge is -2.12. The van der Waals surface area contributed by atoms with Crippen LogP contribution in [0.2, 0.25) is 0 Å². The fraction of sp³-hybridized carbons (Fsp3) is 0.375.